The zero-order chi connectivity index (χ0) is 14.1. The highest BCUT2D eigenvalue weighted by molar-refractivity contribution is 8.70. The van der Waals surface area contributed by atoms with Gasteiger partial charge in [-0.1, -0.05) is 0 Å². The van der Waals surface area contributed by atoms with Gasteiger partial charge in [-0.25, -0.2) is 0 Å². The van der Waals surface area contributed by atoms with E-state index in [1.54, 1.807) is 0 Å². The third kappa shape index (κ3) is 15.9. The van der Waals surface area contributed by atoms with Crippen LogP contribution in [0.1, 0.15) is 0 Å². The topological polar surface area (TPSA) is 133 Å². The first-order chi connectivity index (χ1) is 8.21. The largest absolute Gasteiger partial charge is 0.319 e. The summed E-state index contributed by atoms with van der Waals surface area (Å²) in [7, 11) is -7.27. The number of aliphatic imine (C=N–C) groups is 2. The maximum Gasteiger partial charge on any atom is 0.319 e. The number of hydrogen-bond acceptors (Lipinski definition) is 8. The molecular weight excluding hydrogens is 324 g/mol. The van der Waals surface area contributed by atoms with Crippen LogP contribution in [-0.4, -0.2) is 63.0 Å². The van der Waals surface area contributed by atoms with Crippen molar-refractivity contribution < 1.29 is 25.9 Å². The first kappa shape index (κ1) is 17.9. The molecule has 2 N–H and O–H groups in total. The SMILES string of the molecule is O=S(=O)(O)SCCN=CC=NCCSS(=O)(=O)O. The molecule has 0 spiro atoms. The Kier molecular flexibility index (Phi) is 8.81. The normalized spacial score (nSPS) is 13.7. The Morgan fingerprint density at radius 2 is 1.17 bits per heavy atom. The van der Waals surface area contributed by atoms with Gasteiger partial charge in [0, 0.05) is 37.0 Å². The summed E-state index contributed by atoms with van der Waals surface area (Å²) in [6.45, 7) is 0.409. The van der Waals surface area contributed by atoms with E-state index in [0.717, 1.165) is 0 Å². The molecule has 0 unspecified atom stereocenters. The van der Waals surface area contributed by atoms with Gasteiger partial charge in [-0.05, 0) is 21.6 Å². The molecule has 18 heavy (non-hydrogen) atoms. The van der Waals surface area contributed by atoms with Crippen LogP contribution in [0.5, 0.6) is 0 Å². The highest BCUT2D eigenvalue weighted by Crippen LogP contribution is 2.08. The van der Waals surface area contributed by atoms with E-state index in [-0.39, 0.29) is 24.6 Å². The van der Waals surface area contributed by atoms with Gasteiger partial charge in [-0.15, -0.1) is 0 Å². The van der Waals surface area contributed by atoms with Crippen LogP contribution in [-0.2, 0) is 18.3 Å². The second-order valence-corrected chi connectivity index (χ2v) is 9.55. The highest BCUT2D eigenvalue weighted by Gasteiger charge is 2.03. The van der Waals surface area contributed by atoms with Crippen molar-refractivity contribution in [3.05, 3.63) is 0 Å². The predicted molar refractivity (Wildman–Crippen MR) is 74.7 cm³/mol. The Bertz CT molecular complexity index is 436. The van der Waals surface area contributed by atoms with E-state index in [1.807, 2.05) is 0 Å². The first-order valence-corrected chi connectivity index (χ1v) is 10.3. The summed E-state index contributed by atoms with van der Waals surface area (Å²) in [5, 5.41) is 0. The molecule has 0 aliphatic rings. The van der Waals surface area contributed by atoms with Gasteiger partial charge in [0.1, 0.15) is 0 Å². The van der Waals surface area contributed by atoms with Crippen molar-refractivity contribution in [3.8, 4) is 0 Å². The van der Waals surface area contributed by atoms with E-state index in [0.29, 0.717) is 21.6 Å². The van der Waals surface area contributed by atoms with Gasteiger partial charge >= 0.3 is 18.3 Å². The van der Waals surface area contributed by atoms with Crippen LogP contribution >= 0.6 is 21.6 Å². The standard InChI is InChI=1S/C6H12N2O6S4/c9-17(10,11)15-5-3-7-1-2-8-4-6-16-18(12,13)14/h1-2H,3-6H2,(H,9,10,11)(H,12,13,14). The Morgan fingerprint density at radius 1 is 0.833 bits per heavy atom. The molecule has 106 valence electrons. The van der Waals surface area contributed by atoms with E-state index in [9.17, 15) is 16.8 Å². The molecule has 0 radical (unpaired) electrons. The van der Waals surface area contributed by atoms with Crippen LogP contribution in [0.4, 0.5) is 0 Å². The van der Waals surface area contributed by atoms with Crippen molar-refractivity contribution >= 4 is 52.3 Å². The molecular formula is C6H12N2O6S4. The minimum atomic E-state index is -4.02. The fraction of sp³-hybridized carbons (Fsp3) is 0.667. The van der Waals surface area contributed by atoms with Crippen LogP contribution in [0.15, 0.2) is 9.98 Å². The van der Waals surface area contributed by atoms with Gasteiger partial charge in [0.25, 0.3) is 0 Å². The maximum atomic E-state index is 10.3. The first-order valence-electron chi connectivity index (χ1n) is 4.42. The van der Waals surface area contributed by atoms with Gasteiger partial charge in [-0.2, -0.15) is 16.8 Å². The van der Waals surface area contributed by atoms with Crippen LogP contribution in [0, 0.1) is 0 Å². The molecule has 0 heterocycles. The van der Waals surface area contributed by atoms with Gasteiger partial charge in [0.05, 0.1) is 0 Å². The van der Waals surface area contributed by atoms with Crippen molar-refractivity contribution in [2.45, 2.75) is 0 Å². The second kappa shape index (κ2) is 8.87. The van der Waals surface area contributed by atoms with E-state index >= 15 is 0 Å². The van der Waals surface area contributed by atoms with Crippen LogP contribution in [0.3, 0.4) is 0 Å². The highest BCUT2D eigenvalue weighted by atomic mass is 33.2. The quantitative estimate of drug-likeness (QED) is 0.264. The fourth-order valence-electron chi connectivity index (χ4n) is 0.634. The van der Waals surface area contributed by atoms with E-state index in [4.69, 9.17) is 9.11 Å². The lowest BCUT2D eigenvalue weighted by Gasteiger charge is -1.92. The smallest absolute Gasteiger partial charge is 0.291 e. The molecule has 0 fully saturated rings. The minimum absolute atomic E-state index is 0.127. The summed E-state index contributed by atoms with van der Waals surface area (Å²) in [6.07, 6.45) is 2.67. The molecule has 0 aromatic carbocycles. The van der Waals surface area contributed by atoms with Crippen molar-refractivity contribution in [1.29, 1.82) is 0 Å². The van der Waals surface area contributed by atoms with E-state index in [2.05, 4.69) is 9.98 Å². The average molecular weight is 336 g/mol. The molecule has 0 saturated carbocycles. The molecule has 0 rings (SSSR count). The van der Waals surface area contributed by atoms with Crippen molar-refractivity contribution in [2.75, 3.05) is 24.6 Å². The molecule has 0 atom stereocenters. The zero-order valence-corrected chi connectivity index (χ0v) is 12.3. The van der Waals surface area contributed by atoms with Gasteiger partial charge in [0.15, 0.2) is 0 Å². The summed E-state index contributed by atoms with van der Waals surface area (Å²) < 4.78 is 57.9. The van der Waals surface area contributed by atoms with Crippen LogP contribution < -0.4 is 0 Å². The van der Waals surface area contributed by atoms with Crippen molar-refractivity contribution in [3.63, 3.8) is 0 Å². The summed E-state index contributed by atoms with van der Waals surface area (Å²) in [5.74, 6) is 0.254. The summed E-state index contributed by atoms with van der Waals surface area (Å²) in [6, 6.07) is 0. The summed E-state index contributed by atoms with van der Waals surface area (Å²) in [5.41, 5.74) is 0. The zero-order valence-electron chi connectivity index (χ0n) is 9.04. The minimum Gasteiger partial charge on any atom is -0.291 e. The van der Waals surface area contributed by atoms with Crippen molar-refractivity contribution in [2.24, 2.45) is 9.98 Å². The average Bonchev–Trinajstić information content (AvgIpc) is 2.17. The van der Waals surface area contributed by atoms with E-state index < -0.39 is 18.3 Å². The lowest BCUT2D eigenvalue weighted by atomic mass is 10.7. The fourth-order valence-corrected chi connectivity index (χ4v) is 3.13. The Labute approximate surface area is 113 Å². The third-order valence-corrected chi connectivity index (χ3v) is 5.26. The molecule has 0 aliphatic heterocycles. The molecule has 0 bridgehead atoms. The molecule has 0 aliphatic carbocycles. The Hall–Kier alpha value is -0.140. The number of nitrogens with zero attached hydrogens (tertiary/aromatic N) is 2. The van der Waals surface area contributed by atoms with Gasteiger partial charge < -0.3 is 0 Å². The van der Waals surface area contributed by atoms with Crippen molar-refractivity contribution in [1.82, 2.24) is 0 Å². The van der Waals surface area contributed by atoms with Gasteiger partial charge in [-0.3, -0.25) is 19.1 Å². The molecule has 0 aromatic heterocycles. The monoisotopic (exact) mass is 336 g/mol. The Morgan fingerprint density at radius 3 is 1.44 bits per heavy atom. The molecule has 12 heteroatoms. The lowest BCUT2D eigenvalue weighted by Crippen LogP contribution is -1.96. The molecule has 0 saturated heterocycles. The van der Waals surface area contributed by atoms with Gasteiger partial charge in [0.2, 0.25) is 0 Å². The lowest BCUT2D eigenvalue weighted by molar-refractivity contribution is 0.500. The molecule has 0 amide bonds. The Balaban J connectivity index is 3.58. The summed E-state index contributed by atoms with van der Waals surface area (Å²) >= 11 is 0. The van der Waals surface area contributed by atoms with E-state index in [1.165, 1.54) is 12.4 Å². The maximum absolute atomic E-state index is 10.3. The third-order valence-electron chi connectivity index (χ3n) is 1.18. The number of rotatable bonds is 9. The summed E-state index contributed by atoms with van der Waals surface area (Å²) in [4.78, 5) is 7.55. The van der Waals surface area contributed by atoms with Crippen LogP contribution in [0.2, 0.25) is 0 Å². The van der Waals surface area contributed by atoms with Crippen LogP contribution in [0.25, 0.3) is 0 Å². The number of hydrogen-bond donors (Lipinski definition) is 2. The molecule has 8 nitrogen and oxygen atoms in total. The predicted octanol–water partition coefficient (Wildman–Crippen LogP) is 0.200. The molecule has 0 aromatic rings. The second-order valence-electron chi connectivity index (χ2n) is 2.61.